The number of hydrogen-bond acceptors (Lipinski definition) is 4. The van der Waals surface area contributed by atoms with E-state index < -0.39 is 11.8 Å². The Balaban J connectivity index is 2.26. The first kappa shape index (κ1) is 14.4. The van der Waals surface area contributed by atoms with Gasteiger partial charge in [-0.05, 0) is 30.3 Å². The standard InChI is InChI=1S/C14H12FN3O3/c1-16-13(19)12-7-9(4-5-17-12)18-11-3-2-8(14(20)21)6-10(11)15/h2-7H,1H3,(H,16,19)(H,17,18)(H,20,21). The van der Waals surface area contributed by atoms with Gasteiger partial charge in [0.05, 0.1) is 11.3 Å². The molecule has 21 heavy (non-hydrogen) atoms. The number of rotatable bonds is 4. The van der Waals surface area contributed by atoms with Crippen molar-refractivity contribution in [1.82, 2.24) is 10.3 Å². The minimum Gasteiger partial charge on any atom is -0.478 e. The zero-order valence-electron chi connectivity index (χ0n) is 11.1. The molecular weight excluding hydrogens is 277 g/mol. The largest absolute Gasteiger partial charge is 0.478 e. The van der Waals surface area contributed by atoms with Crippen LogP contribution < -0.4 is 10.6 Å². The summed E-state index contributed by atoms with van der Waals surface area (Å²) >= 11 is 0. The average molecular weight is 289 g/mol. The molecule has 1 heterocycles. The Bertz CT molecular complexity index is 704. The van der Waals surface area contributed by atoms with Crippen molar-refractivity contribution in [3.8, 4) is 0 Å². The number of anilines is 2. The topological polar surface area (TPSA) is 91.3 Å². The van der Waals surface area contributed by atoms with Crippen molar-refractivity contribution >= 4 is 23.3 Å². The van der Waals surface area contributed by atoms with E-state index in [4.69, 9.17) is 5.11 Å². The fourth-order valence-electron chi connectivity index (χ4n) is 1.67. The van der Waals surface area contributed by atoms with Crippen LogP contribution in [-0.4, -0.2) is 29.0 Å². The first-order valence-corrected chi connectivity index (χ1v) is 5.99. The molecule has 6 nitrogen and oxygen atoms in total. The number of nitrogens with one attached hydrogen (secondary N) is 2. The van der Waals surface area contributed by atoms with Crippen molar-refractivity contribution in [3.63, 3.8) is 0 Å². The van der Waals surface area contributed by atoms with Gasteiger partial charge in [0, 0.05) is 18.9 Å². The molecule has 0 saturated carbocycles. The third-order valence-corrected chi connectivity index (χ3v) is 2.71. The van der Waals surface area contributed by atoms with E-state index in [1.807, 2.05) is 0 Å². The zero-order valence-corrected chi connectivity index (χ0v) is 11.1. The van der Waals surface area contributed by atoms with E-state index in [-0.39, 0.29) is 22.9 Å². The quantitative estimate of drug-likeness (QED) is 0.801. The summed E-state index contributed by atoms with van der Waals surface area (Å²) in [7, 11) is 1.48. The van der Waals surface area contributed by atoms with Gasteiger partial charge in [-0.1, -0.05) is 0 Å². The molecule has 0 aliphatic rings. The van der Waals surface area contributed by atoms with Crippen LogP contribution in [0.3, 0.4) is 0 Å². The lowest BCUT2D eigenvalue weighted by Gasteiger charge is -2.09. The van der Waals surface area contributed by atoms with E-state index in [0.29, 0.717) is 5.69 Å². The Morgan fingerprint density at radius 1 is 1.24 bits per heavy atom. The summed E-state index contributed by atoms with van der Waals surface area (Å²) in [5.74, 6) is -2.26. The monoisotopic (exact) mass is 289 g/mol. The van der Waals surface area contributed by atoms with Gasteiger partial charge in [-0.25, -0.2) is 9.18 Å². The number of benzene rings is 1. The van der Waals surface area contributed by atoms with Crippen LogP contribution in [0.2, 0.25) is 0 Å². The summed E-state index contributed by atoms with van der Waals surface area (Å²) in [6.45, 7) is 0. The molecule has 1 amide bonds. The summed E-state index contributed by atoms with van der Waals surface area (Å²) in [5, 5.41) is 14.0. The molecule has 0 atom stereocenters. The molecule has 1 aromatic carbocycles. The summed E-state index contributed by atoms with van der Waals surface area (Å²) in [6, 6.07) is 6.55. The van der Waals surface area contributed by atoms with Crippen molar-refractivity contribution in [2.45, 2.75) is 0 Å². The maximum atomic E-state index is 13.8. The van der Waals surface area contributed by atoms with Crippen molar-refractivity contribution in [1.29, 1.82) is 0 Å². The number of aromatic nitrogens is 1. The molecule has 2 rings (SSSR count). The number of halogens is 1. The average Bonchev–Trinajstić information content (AvgIpc) is 2.48. The Kier molecular flexibility index (Phi) is 4.13. The van der Waals surface area contributed by atoms with E-state index in [9.17, 15) is 14.0 Å². The Morgan fingerprint density at radius 2 is 2.00 bits per heavy atom. The number of aromatic carboxylic acids is 1. The third kappa shape index (κ3) is 3.33. The first-order valence-electron chi connectivity index (χ1n) is 5.99. The minimum atomic E-state index is -1.20. The van der Waals surface area contributed by atoms with Crippen molar-refractivity contribution in [3.05, 3.63) is 53.6 Å². The predicted molar refractivity (Wildman–Crippen MR) is 74.3 cm³/mol. The Hall–Kier alpha value is -2.96. The lowest BCUT2D eigenvalue weighted by atomic mass is 10.2. The number of carbonyl (C=O) groups is 2. The van der Waals surface area contributed by atoms with Crippen LogP contribution in [0.15, 0.2) is 36.5 Å². The van der Waals surface area contributed by atoms with E-state index in [1.54, 1.807) is 6.07 Å². The van der Waals surface area contributed by atoms with Crippen LogP contribution in [0.5, 0.6) is 0 Å². The van der Waals surface area contributed by atoms with Crippen LogP contribution >= 0.6 is 0 Å². The highest BCUT2D eigenvalue weighted by Crippen LogP contribution is 2.21. The normalized spacial score (nSPS) is 10.0. The van der Waals surface area contributed by atoms with Gasteiger partial charge in [-0.3, -0.25) is 9.78 Å². The number of hydrogen-bond donors (Lipinski definition) is 3. The van der Waals surface area contributed by atoms with Crippen molar-refractivity contribution < 1.29 is 19.1 Å². The maximum absolute atomic E-state index is 13.8. The SMILES string of the molecule is CNC(=O)c1cc(Nc2ccc(C(=O)O)cc2F)ccn1. The molecule has 3 N–H and O–H groups in total. The van der Waals surface area contributed by atoms with Crippen LogP contribution in [0.25, 0.3) is 0 Å². The van der Waals surface area contributed by atoms with Gasteiger partial charge in [-0.2, -0.15) is 0 Å². The Labute approximate surface area is 119 Å². The van der Waals surface area contributed by atoms with E-state index in [1.165, 1.54) is 31.4 Å². The number of carbonyl (C=O) groups excluding carboxylic acids is 1. The molecule has 0 unspecified atom stereocenters. The van der Waals surface area contributed by atoms with Gasteiger partial charge in [0.2, 0.25) is 0 Å². The van der Waals surface area contributed by atoms with Gasteiger partial charge in [0.25, 0.3) is 5.91 Å². The highest BCUT2D eigenvalue weighted by molar-refractivity contribution is 5.93. The highest BCUT2D eigenvalue weighted by atomic mass is 19.1. The lowest BCUT2D eigenvalue weighted by Crippen LogP contribution is -2.19. The van der Waals surface area contributed by atoms with E-state index >= 15 is 0 Å². The van der Waals surface area contributed by atoms with E-state index in [2.05, 4.69) is 15.6 Å². The molecule has 0 fully saturated rings. The van der Waals surface area contributed by atoms with Crippen LogP contribution in [0.4, 0.5) is 15.8 Å². The molecule has 0 spiro atoms. The summed E-state index contributed by atoms with van der Waals surface area (Å²) in [4.78, 5) is 26.1. The second kappa shape index (κ2) is 6.00. The molecular formula is C14H12FN3O3. The number of amides is 1. The second-order valence-electron chi connectivity index (χ2n) is 4.13. The zero-order chi connectivity index (χ0) is 15.4. The molecule has 108 valence electrons. The predicted octanol–water partition coefficient (Wildman–Crippen LogP) is 2.02. The lowest BCUT2D eigenvalue weighted by molar-refractivity contribution is 0.0696. The smallest absolute Gasteiger partial charge is 0.335 e. The highest BCUT2D eigenvalue weighted by Gasteiger charge is 2.10. The molecule has 0 bridgehead atoms. The maximum Gasteiger partial charge on any atom is 0.335 e. The van der Waals surface area contributed by atoms with Gasteiger partial charge in [0.15, 0.2) is 0 Å². The molecule has 7 heteroatoms. The van der Waals surface area contributed by atoms with Gasteiger partial charge in [-0.15, -0.1) is 0 Å². The molecule has 0 aliphatic heterocycles. The molecule has 0 saturated heterocycles. The second-order valence-corrected chi connectivity index (χ2v) is 4.13. The number of nitrogens with zero attached hydrogens (tertiary/aromatic N) is 1. The number of carboxylic acid groups (broad SMARTS) is 1. The molecule has 2 aromatic rings. The number of carboxylic acids is 1. The van der Waals surface area contributed by atoms with Gasteiger partial charge < -0.3 is 15.7 Å². The number of pyridine rings is 1. The van der Waals surface area contributed by atoms with Crippen molar-refractivity contribution in [2.24, 2.45) is 0 Å². The van der Waals surface area contributed by atoms with Gasteiger partial charge >= 0.3 is 5.97 Å². The fourth-order valence-corrected chi connectivity index (χ4v) is 1.67. The first-order chi connectivity index (χ1) is 10.0. The molecule has 0 aliphatic carbocycles. The van der Waals surface area contributed by atoms with Crippen molar-refractivity contribution in [2.75, 3.05) is 12.4 Å². The van der Waals surface area contributed by atoms with Crippen LogP contribution in [0, 0.1) is 5.82 Å². The third-order valence-electron chi connectivity index (χ3n) is 2.71. The van der Waals surface area contributed by atoms with E-state index in [0.717, 1.165) is 6.07 Å². The van der Waals surface area contributed by atoms with Gasteiger partial charge in [0.1, 0.15) is 11.5 Å². The fraction of sp³-hybridized carbons (Fsp3) is 0.0714. The minimum absolute atomic E-state index is 0.106. The summed E-state index contributed by atoms with van der Waals surface area (Å²) < 4.78 is 13.8. The molecule has 0 radical (unpaired) electrons. The van der Waals surface area contributed by atoms with Crippen LogP contribution in [0.1, 0.15) is 20.8 Å². The van der Waals surface area contributed by atoms with Crippen LogP contribution in [-0.2, 0) is 0 Å². The Morgan fingerprint density at radius 3 is 2.62 bits per heavy atom. The summed E-state index contributed by atoms with van der Waals surface area (Å²) in [6.07, 6.45) is 1.41. The molecule has 1 aromatic heterocycles. The summed E-state index contributed by atoms with van der Waals surface area (Å²) in [5.41, 5.74) is 0.614.